The Morgan fingerprint density at radius 2 is 1.48 bits per heavy atom. The summed E-state index contributed by atoms with van der Waals surface area (Å²) in [4.78, 5) is 37.7. The molecule has 0 aliphatic heterocycles. The molecule has 3 aromatic rings. The summed E-state index contributed by atoms with van der Waals surface area (Å²) in [6.07, 6.45) is 0.503. The van der Waals surface area contributed by atoms with Gasteiger partial charge in [-0.15, -0.1) is 0 Å². The molecule has 0 aliphatic carbocycles. The molecule has 0 saturated carbocycles. The number of hydrogen-bond acceptors (Lipinski definition) is 4. The van der Waals surface area contributed by atoms with Gasteiger partial charge in [0, 0.05) is 16.4 Å². The Bertz CT molecular complexity index is 1120. The Balaban J connectivity index is 1.57. The maximum absolute atomic E-state index is 12.8. The van der Waals surface area contributed by atoms with Crippen LogP contribution in [0, 0.1) is 10.5 Å². The van der Waals surface area contributed by atoms with Gasteiger partial charge in [0.1, 0.15) is 12.4 Å². The second kappa shape index (κ2) is 11.7. The lowest BCUT2D eigenvalue weighted by Gasteiger charge is -2.15. The highest BCUT2D eigenvalue weighted by atomic mass is 127. The zero-order valence-corrected chi connectivity index (χ0v) is 20.8. The van der Waals surface area contributed by atoms with Gasteiger partial charge in [0.15, 0.2) is 11.6 Å². The van der Waals surface area contributed by atoms with Crippen molar-refractivity contribution in [2.45, 2.75) is 32.7 Å². The number of ether oxygens (including phenoxy) is 1. The van der Waals surface area contributed by atoms with Crippen molar-refractivity contribution in [1.29, 1.82) is 0 Å². The van der Waals surface area contributed by atoms with Gasteiger partial charge in [-0.1, -0.05) is 54.1 Å². The number of carbonyl (C=O) groups excluding carboxylic acids is 3. The highest BCUT2D eigenvalue weighted by Gasteiger charge is 2.20. The number of Topliss-reactive ketones (excluding diaryl/α,β-unsaturated/α-hetero) is 2. The largest absolute Gasteiger partial charge is 0.485 e. The van der Waals surface area contributed by atoms with Crippen LogP contribution in [0.25, 0.3) is 0 Å². The first-order valence-electron chi connectivity index (χ1n) is 10.7. The van der Waals surface area contributed by atoms with Crippen LogP contribution in [0.1, 0.15) is 34.0 Å². The molecule has 3 aromatic carbocycles. The van der Waals surface area contributed by atoms with Crippen molar-refractivity contribution >= 4 is 40.1 Å². The van der Waals surface area contributed by atoms with E-state index in [-0.39, 0.29) is 36.6 Å². The van der Waals surface area contributed by atoms with Gasteiger partial charge in [0.05, 0.1) is 11.6 Å². The van der Waals surface area contributed by atoms with Crippen LogP contribution in [0.5, 0.6) is 5.75 Å². The molecule has 0 saturated heterocycles. The number of halogens is 1. The van der Waals surface area contributed by atoms with Crippen molar-refractivity contribution in [2.75, 3.05) is 6.61 Å². The van der Waals surface area contributed by atoms with Gasteiger partial charge in [-0.2, -0.15) is 0 Å². The molecule has 0 spiro atoms. The molecule has 170 valence electrons. The van der Waals surface area contributed by atoms with E-state index in [1.54, 1.807) is 31.2 Å². The second-order valence-corrected chi connectivity index (χ2v) is 9.20. The molecule has 1 atom stereocenters. The smallest absolute Gasteiger partial charge is 0.255 e. The maximum atomic E-state index is 12.8. The second-order valence-electron chi connectivity index (χ2n) is 7.95. The van der Waals surface area contributed by atoms with E-state index >= 15 is 0 Å². The molecular weight excluding hydrogens is 529 g/mol. The van der Waals surface area contributed by atoms with E-state index in [0.717, 1.165) is 20.3 Å². The third-order valence-electron chi connectivity index (χ3n) is 5.16. The highest BCUT2D eigenvalue weighted by molar-refractivity contribution is 14.1. The van der Waals surface area contributed by atoms with Crippen LogP contribution in [0.15, 0.2) is 72.8 Å². The first-order chi connectivity index (χ1) is 15.8. The van der Waals surface area contributed by atoms with Gasteiger partial charge in [0.25, 0.3) is 5.91 Å². The third kappa shape index (κ3) is 7.53. The van der Waals surface area contributed by atoms with Crippen LogP contribution >= 0.6 is 22.6 Å². The molecule has 1 N–H and O–H groups in total. The molecule has 0 bridgehead atoms. The third-order valence-corrected chi connectivity index (χ3v) is 5.88. The lowest BCUT2D eigenvalue weighted by Crippen LogP contribution is -2.39. The Kier molecular flexibility index (Phi) is 8.77. The van der Waals surface area contributed by atoms with Gasteiger partial charge in [-0.25, -0.2) is 0 Å². The molecule has 6 heteroatoms. The molecule has 1 amide bonds. The van der Waals surface area contributed by atoms with Gasteiger partial charge < -0.3 is 10.1 Å². The monoisotopic (exact) mass is 555 g/mol. The van der Waals surface area contributed by atoms with E-state index in [2.05, 4.69) is 27.9 Å². The number of para-hydroxylation sites is 1. The quantitative estimate of drug-likeness (QED) is 0.368. The lowest BCUT2D eigenvalue weighted by molar-refractivity contribution is -0.120. The molecular formula is C27H26INO4. The standard InChI is InChI=1S/C27H26INO4/c1-18-7-9-21(10-8-18)16-25(31)19(2)29-27(32)24-5-3-4-6-26(24)33-17-23(30)15-20-11-13-22(28)14-12-20/h3-14,19H,15-17H2,1-2H3,(H,29,32)/t19-/m1/s1. The number of rotatable bonds is 10. The number of aryl methyl sites for hydroxylation is 1. The van der Waals surface area contributed by atoms with E-state index in [4.69, 9.17) is 4.74 Å². The first kappa shape index (κ1) is 24.6. The predicted octanol–water partition coefficient (Wildman–Crippen LogP) is 4.72. The molecule has 5 nitrogen and oxygen atoms in total. The average Bonchev–Trinajstić information content (AvgIpc) is 2.80. The van der Waals surface area contributed by atoms with E-state index in [0.29, 0.717) is 5.75 Å². The Hall–Kier alpha value is -3.00. The molecule has 3 rings (SSSR count). The van der Waals surface area contributed by atoms with E-state index in [1.807, 2.05) is 55.5 Å². The normalized spacial score (nSPS) is 11.5. The van der Waals surface area contributed by atoms with Crippen LogP contribution in [-0.4, -0.2) is 30.1 Å². The lowest BCUT2D eigenvalue weighted by atomic mass is 10.0. The number of ketones is 2. The fourth-order valence-corrected chi connectivity index (χ4v) is 3.59. The molecule has 0 fully saturated rings. The zero-order chi connectivity index (χ0) is 23.8. The minimum Gasteiger partial charge on any atom is -0.485 e. The maximum Gasteiger partial charge on any atom is 0.255 e. The summed E-state index contributed by atoms with van der Waals surface area (Å²) in [5.74, 6) is -0.282. The number of amides is 1. The number of carbonyl (C=O) groups is 3. The van der Waals surface area contributed by atoms with E-state index in [1.165, 1.54) is 0 Å². The average molecular weight is 555 g/mol. The topological polar surface area (TPSA) is 72.5 Å². The van der Waals surface area contributed by atoms with E-state index < -0.39 is 11.9 Å². The van der Waals surface area contributed by atoms with Crippen LogP contribution < -0.4 is 10.1 Å². The molecule has 0 radical (unpaired) electrons. The Morgan fingerprint density at radius 1 is 0.879 bits per heavy atom. The van der Waals surface area contributed by atoms with Crippen LogP contribution in [0.3, 0.4) is 0 Å². The van der Waals surface area contributed by atoms with Crippen LogP contribution in [0.4, 0.5) is 0 Å². The summed E-state index contributed by atoms with van der Waals surface area (Å²) in [6, 6.07) is 21.5. The molecule has 33 heavy (non-hydrogen) atoms. The van der Waals surface area contributed by atoms with Gasteiger partial charge in [-0.3, -0.25) is 14.4 Å². The molecule has 0 aliphatic rings. The Morgan fingerprint density at radius 3 is 2.18 bits per heavy atom. The summed E-state index contributed by atoms with van der Waals surface area (Å²) < 4.78 is 6.77. The van der Waals surface area contributed by atoms with Crippen molar-refractivity contribution in [1.82, 2.24) is 5.32 Å². The van der Waals surface area contributed by atoms with Crippen molar-refractivity contribution in [3.63, 3.8) is 0 Å². The SMILES string of the molecule is Cc1ccc(CC(=O)[C@@H](C)NC(=O)c2ccccc2OCC(=O)Cc2ccc(I)cc2)cc1. The van der Waals surface area contributed by atoms with Gasteiger partial charge in [0.2, 0.25) is 0 Å². The van der Waals surface area contributed by atoms with Crippen LogP contribution in [-0.2, 0) is 22.4 Å². The fourth-order valence-electron chi connectivity index (χ4n) is 3.23. The highest BCUT2D eigenvalue weighted by Crippen LogP contribution is 2.18. The fraction of sp³-hybridized carbons (Fsp3) is 0.222. The summed E-state index contributed by atoms with van der Waals surface area (Å²) >= 11 is 2.21. The molecule has 0 aromatic heterocycles. The van der Waals surface area contributed by atoms with Crippen molar-refractivity contribution in [3.8, 4) is 5.75 Å². The summed E-state index contributed by atoms with van der Waals surface area (Å²) in [5, 5.41) is 2.75. The summed E-state index contributed by atoms with van der Waals surface area (Å²) in [5.41, 5.74) is 3.23. The number of nitrogens with one attached hydrogen (secondary N) is 1. The van der Waals surface area contributed by atoms with E-state index in [9.17, 15) is 14.4 Å². The van der Waals surface area contributed by atoms with Gasteiger partial charge >= 0.3 is 0 Å². The van der Waals surface area contributed by atoms with Crippen LogP contribution in [0.2, 0.25) is 0 Å². The van der Waals surface area contributed by atoms with Gasteiger partial charge in [-0.05, 0) is 71.8 Å². The Labute approximate surface area is 207 Å². The number of benzene rings is 3. The van der Waals surface area contributed by atoms with Crippen molar-refractivity contribution < 1.29 is 19.1 Å². The minimum atomic E-state index is -0.658. The minimum absolute atomic E-state index is 0.0849. The summed E-state index contributed by atoms with van der Waals surface area (Å²) in [7, 11) is 0. The van der Waals surface area contributed by atoms with Crippen molar-refractivity contribution in [3.05, 3.63) is 98.6 Å². The molecule has 0 unspecified atom stereocenters. The predicted molar refractivity (Wildman–Crippen MR) is 137 cm³/mol. The van der Waals surface area contributed by atoms with Crippen molar-refractivity contribution in [2.24, 2.45) is 0 Å². The number of hydrogen-bond donors (Lipinski definition) is 1. The molecule has 0 heterocycles. The summed E-state index contributed by atoms with van der Waals surface area (Å²) in [6.45, 7) is 3.52. The zero-order valence-electron chi connectivity index (χ0n) is 18.6. The first-order valence-corrected chi connectivity index (χ1v) is 11.8.